The van der Waals surface area contributed by atoms with Gasteiger partial charge in [-0.1, -0.05) is 12.8 Å². The van der Waals surface area contributed by atoms with Crippen molar-refractivity contribution in [3.05, 3.63) is 0 Å². The van der Waals surface area contributed by atoms with Crippen LogP contribution in [0.4, 0.5) is 22.8 Å². The summed E-state index contributed by atoms with van der Waals surface area (Å²) < 4.78 is 35.7. The molecule has 1 aliphatic heterocycles. The molecule has 2 fully saturated rings. The lowest BCUT2D eigenvalue weighted by Crippen LogP contribution is -2.44. The summed E-state index contributed by atoms with van der Waals surface area (Å²) in [6, 6.07) is -1.38. The molecule has 0 radical (unpaired) electrons. The molecule has 0 atom stereocenters. The third kappa shape index (κ3) is 4.26. The lowest BCUT2D eigenvalue weighted by molar-refractivity contribution is -0.131. The number of alkyl halides is 3. The van der Waals surface area contributed by atoms with Crippen molar-refractivity contribution in [3.63, 3.8) is 0 Å². The fourth-order valence-electron chi connectivity index (χ4n) is 2.88. The van der Waals surface area contributed by atoms with E-state index < -0.39 is 30.3 Å². The SMILES string of the molecule is O=C(NCCCN1C(=O)NC2(CCCC2)C1=O)NCC(F)(F)F. The molecule has 0 aromatic carbocycles. The van der Waals surface area contributed by atoms with Gasteiger partial charge in [-0.05, 0) is 19.3 Å². The van der Waals surface area contributed by atoms with E-state index in [1.807, 2.05) is 0 Å². The Kier molecular flexibility index (Phi) is 5.00. The highest BCUT2D eigenvalue weighted by Crippen LogP contribution is 2.34. The molecule has 0 aromatic heterocycles. The van der Waals surface area contributed by atoms with Gasteiger partial charge in [0.2, 0.25) is 0 Å². The molecule has 1 saturated heterocycles. The van der Waals surface area contributed by atoms with Gasteiger partial charge in [-0.2, -0.15) is 13.2 Å². The van der Waals surface area contributed by atoms with Gasteiger partial charge in [-0.15, -0.1) is 0 Å². The lowest BCUT2D eigenvalue weighted by Gasteiger charge is -2.20. The van der Waals surface area contributed by atoms with Crippen molar-refractivity contribution in [2.24, 2.45) is 0 Å². The minimum atomic E-state index is -4.47. The number of amides is 5. The molecular weight excluding hydrogens is 317 g/mol. The fraction of sp³-hybridized carbons (Fsp3) is 0.769. The number of carbonyl (C=O) groups excluding carboxylic acids is 3. The van der Waals surface area contributed by atoms with Crippen LogP contribution in [0.2, 0.25) is 0 Å². The van der Waals surface area contributed by atoms with Crippen LogP contribution in [0.15, 0.2) is 0 Å². The first-order valence-electron chi connectivity index (χ1n) is 7.46. The molecule has 23 heavy (non-hydrogen) atoms. The first-order valence-corrected chi connectivity index (χ1v) is 7.46. The summed E-state index contributed by atoms with van der Waals surface area (Å²) in [6.07, 6.45) is -1.15. The van der Waals surface area contributed by atoms with Gasteiger partial charge < -0.3 is 16.0 Å². The van der Waals surface area contributed by atoms with Gasteiger partial charge in [0, 0.05) is 13.1 Å². The highest BCUT2D eigenvalue weighted by molar-refractivity contribution is 6.07. The van der Waals surface area contributed by atoms with E-state index in [-0.39, 0.29) is 25.4 Å². The predicted octanol–water partition coefficient (Wildman–Crippen LogP) is 1.10. The van der Waals surface area contributed by atoms with E-state index in [2.05, 4.69) is 10.6 Å². The van der Waals surface area contributed by atoms with Crippen LogP contribution < -0.4 is 16.0 Å². The molecule has 1 spiro atoms. The zero-order valence-electron chi connectivity index (χ0n) is 12.5. The van der Waals surface area contributed by atoms with Gasteiger partial charge in [-0.25, -0.2) is 9.59 Å². The summed E-state index contributed by atoms with van der Waals surface area (Å²) in [6.45, 7) is -1.23. The Hall–Kier alpha value is -2.00. The lowest BCUT2D eigenvalue weighted by atomic mass is 9.98. The van der Waals surface area contributed by atoms with Crippen molar-refractivity contribution < 1.29 is 27.6 Å². The van der Waals surface area contributed by atoms with Crippen molar-refractivity contribution in [1.82, 2.24) is 20.9 Å². The van der Waals surface area contributed by atoms with Crippen LogP contribution in [0.1, 0.15) is 32.1 Å². The van der Waals surface area contributed by atoms with Gasteiger partial charge in [0.1, 0.15) is 12.1 Å². The summed E-state index contributed by atoms with van der Waals surface area (Å²) >= 11 is 0. The van der Waals surface area contributed by atoms with Crippen molar-refractivity contribution in [2.75, 3.05) is 19.6 Å². The molecule has 1 saturated carbocycles. The number of hydrogen-bond donors (Lipinski definition) is 3. The minimum Gasteiger partial charge on any atom is -0.338 e. The smallest absolute Gasteiger partial charge is 0.338 e. The summed E-state index contributed by atoms with van der Waals surface area (Å²) in [5.41, 5.74) is -0.769. The summed E-state index contributed by atoms with van der Waals surface area (Å²) in [7, 11) is 0. The Labute approximate surface area is 130 Å². The Morgan fingerprint density at radius 3 is 2.48 bits per heavy atom. The summed E-state index contributed by atoms with van der Waals surface area (Å²) in [4.78, 5) is 36.4. The Balaban J connectivity index is 1.69. The van der Waals surface area contributed by atoms with Crippen LogP contribution in [0.3, 0.4) is 0 Å². The van der Waals surface area contributed by atoms with Crippen molar-refractivity contribution in [1.29, 1.82) is 0 Å². The number of hydrogen-bond acceptors (Lipinski definition) is 3. The van der Waals surface area contributed by atoms with E-state index >= 15 is 0 Å². The largest absolute Gasteiger partial charge is 0.405 e. The van der Waals surface area contributed by atoms with Crippen molar-refractivity contribution >= 4 is 18.0 Å². The second-order valence-electron chi connectivity index (χ2n) is 5.75. The second-order valence-corrected chi connectivity index (χ2v) is 5.75. The van der Waals surface area contributed by atoms with Crippen LogP contribution in [-0.4, -0.2) is 54.2 Å². The summed E-state index contributed by atoms with van der Waals surface area (Å²) in [5.74, 6) is -0.249. The normalized spacial score (nSPS) is 20.0. The van der Waals surface area contributed by atoms with Gasteiger partial charge >= 0.3 is 18.2 Å². The molecule has 7 nitrogen and oxygen atoms in total. The highest BCUT2D eigenvalue weighted by atomic mass is 19.4. The molecule has 3 N–H and O–H groups in total. The number of rotatable bonds is 5. The van der Waals surface area contributed by atoms with Gasteiger partial charge in [0.05, 0.1) is 0 Å². The Bertz CT molecular complexity index is 489. The van der Waals surface area contributed by atoms with Gasteiger partial charge in [-0.3, -0.25) is 9.69 Å². The topological polar surface area (TPSA) is 90.5 Å². The molecule has 10 heteroatoms. The predicted molar refractivity (Wildman–Crippen MR) is 73.5 cm³/mol. The maximum Gasteiger partial charge on any atom is 0.405 e. The van der Waals surface area contributed by atoms with Gasteiger partial charge in [0.15, 0.2) is 0 Å². The van der Waals surface area contributed by atoms with Gasteiger partial charge in [0.25, 0.3) is 5.91 Å². The van der Waals surface area contributed by atoms with E-state index in [0.29, 0.717) is 12.8 Å². The second kappa shape index (κ2) is 6.63. The van der Waals surface area contributed by atoms with E-state index in [9.17, 15) is 27.6 Å². The summed E-state index contributed by atoms with van der Waals surface area (Å²) in [5, 5.41) is 6.65. The average Bonchev–Trinajstić information content (AvgIpc) is 3.01. The molecular formula is C13H19F3N4O3. The third-order valence-corrected chi connectivity index (χ3v) is 4.00. The number of carbonyl (C=O) groups is 3. The van der Waals surface area contributed by atoms with Crippen LogP contribution >= 0.6 is 0 Å². The van der Waals surface area contributed by atoms with E-state index in [1.54, 1.807) is 5.32 Å². The van der Waals surface area contributed by atoms with E-state index in [4.69, 9.17) is 0 Å². The fourth-order valence-corrected chi connectivity index (χ4v) is 2.88. The standard InChI is InChI=1S/C13H19F3N4O3/c14-13(15,16)8-18-10(22)17-6-3-7-20-9(21)12(19-11(20)23)4-1-2-5-12/h1-8H2,(H,19,23)(H2,17,18,22). The highest BCUT2D eigenvalue weighted by Gasteiger charge is 2.51. The third-order valence-electron chi connectivity index (χ3n) is 4.00. The number of urea groups is 2. The number of nitrogens with one attached hydrogen (secondary N) is 3. The van der Waals surface area contributed by atoms with Crippen molar-refractivity contribution in [2.45, 2.75) is 43.8 Å². The van der Waals surface area contributed by atoms with E-state index in [0.717, 1.165) is 17.7 Å². The molecule has 130 valence electrons. The van der Waals surface area contributed by atoms with Crippen LogP contribution in [0.5, 0.6) is 0 Å². The molecule has 5 amide bonds. The molecule has 2 aliphatic rings. The first-order chi connectivity index (χ1) is 10.7. The molecule has 1 heterocycles. The number of imide groups is 1. The quantitative estimate of drug-likeness (QED) is 0.519. The number of halogens is 3. The first kappa shape index (κ1) is 17.4. The zero-order chi connectivity index (χ0) is 17.1. The zero-order valence-corrected chi connectivity index (χ0v) is 12.5. The number of nitrogens with zero attached hydrogens (tertiary/aromatic N) is 1. The monoisotopic (exact) mass is 336 g/mol. The van der Waals surface area contributed by atoms with Crippen LogP contribution in [0.25, 0.3) is 0 Å². The maximum absolute atomic E-state index is 12.3. The Morgan fingerprint density at radius 2 is 1.87 bits per heavy atom. The molecule has 2 rings (SSSR count). The van der Waals surface area contributed by atoms with Crippen molar-refractivity contribution in [3.8, 4) is 0 Å². The molecule has 0 aromatic rings. The maximum atomic E-state index is 12.3. The van der Waals surface area contributed by atoms with Crippen LogP contribution in [-0.2, 0) is 4.79 Å². The molecule has 1 aliphatic carbocycles. The van der Waals surface area contributed by atoms with Crippen LogP contribution in [0, 0.1) is 0 Å². The minimum absolute atomic E-state index is 0.0632. The Morgan fingerprint density at radius 1 is 1.22 bits per heavy atom. The molecule has 0 unspecified atom stereocenters. The van der Waals surface area contributed by atoms with E-state index in [1.165, 1.54) is 0 Å². The molecule has 0 bridgehead atoms. The average molecular weight is 336 g/mol.